The van der Waals surface area contributed by atoms with Gasteiger partial charge in [0.25, 0.3) is 0 Å². The number of aromatic nitrogens is 1. The van der Waals surface area contributed by atoms with Crippen LogP contribution in [0.2, 0.25) is 0 Å². The number of hydrogen-bond donors (Lipinski definition) is 0. The second-order valence-electron chi connectivity index (χ2n) is 6.87. The van der Waals surface area contributed by atoms with Crippen LogP contribution in [0.3, 0.4) is 0 Å². The van der Waals surface area contributed by atoms with Crippen LogP contribution in [0.25, 0.3) is 0 Å². The average molecular weight is 451 g/mol. The summed E-state index contributed by atoms with van der Waals surface area (Å²) in [5, 5.41) is 0. The Balaban J connectivity index is 2.05. The summed E-state index contributed by atoms with van der Waals surface area (Å²) in [6, 6.07) is 2.55. The van der Waals surface area contributed by atoms with Crippen LogP contribution < -0.4 is 14.5 Å². The fourth-order valence-electron chi connectivity index (χ4n) is 2.85. The summed E-state index contributed by atoms with van der Waals surface area (Å²) in [7, 11) is 1.13. The zero-order valence-corrected chi connectivity index (χ0v) is 16.2. The van der Waals surface area contributed by atoms with Gasteiger partial charge in [-0.2, -0.15) is 26.3 Å². The molecule has 0 radical (unpaired) electrons. The summed E-state index contributed by atoms with van der Waals surface area (Å²) >= 11 is 0. The Hall–Kier alpha value is -3.05. The number of rotatable bonds is 3. The Bertz CT molecular complexity index is 1000. The molecule has 2 heterocycles. The van der Waals surface area contributed by atoms with Gasteiger partial charge in [0.05, 0.1) is 16.9 Å². The van der Waals surface area contributed by atoms with Crippen molar-refractivity contribution in [3.63, 3.8) is 0 Å². The lowest BCUT2D eigenvalue weighted by atomic mass is 10.0. The summed E-state index contributed by atoms with van der Waals surface area (Å²) < 4.78 is 98.7. The molecule has 168 valence electrons. The first kappa shape index (κ1) is 22.6. The van der Waals surface area contributed by atoms with E-state index in [-0.39, 0.29) is 30.7 Å². The number of nitrogens with zero attached hydrogens (tertiary/aromatic N) is 3. The Morgan fingerprint density at radius 1 is 1.10 bits per heavy atom. The molecule has 1 fully saturated rings. The minimum absolute atomic E-state index is 0.0658. The average Bonchev–Trinajstić information content (AvgIpc) is 2.61. The molecule has 0 spiro atoms. The summed E-state index contributed by atoms with van der Waals surface area (Å²) in [6.07, 6.45) is -11.0. The van der Waals surface area contributed by atoms with E-state index in [1.807, 2.05) is 0 Å². The van der Waals surface area contributed by atoms with E-state index in [1.54, 1.807) is 0 Å². The summed E-state index contributed by atoms with van der Waals surface area (Å²) in [5.41, 5.74) is -3.79. The van der Waals surface area contributed by atoms with Crippen molar-refractivity contribution >= 4 is 17.6 Å². The first-order valence-electron chi connectivity index (χ1n) is 8.95. The van der Waals surface area contributed by atoms with Gasteiger partial charge in [-0.25, -0.2) is 14.2 Å². The molecule has 1 aromatic carbocycles. The van der Waals surface area contributed by atoms with Gasteiger partial charge in [0.2, 0.25) is 0 Å². The lowest BCUT2D eigenvalue weighted by Crippen LogP contribution is -2.38. The second kappa shape index (κ2) is 7.89. The highest BCUT2D eigenvalue weighted by atomic mass is 19.4. The van der Waals surface area contributed by atoms with E-state index in [0.29, 0.717) is 12.5 Å². The van der Waals surface area contributed by atoms with E-state index in [1.165, 1.54) is 11.8 Å². The van der Waals surface area contributed by atoms with Gasteiger partial charge >= 0.3 is 18.4 Å². The van der Waals surface area contributed by atoms with Crippen LogP contribution in [0.15, 0.2) is 24.3 Å². The number of anilines is 2. The van der Waals surface area contributed by atoms with Crippen LogP contribution in [0, 0.1) is 12.7 Å². The molecule has 5 nitrogen and oxygen atoms in total. The number of benzene rings is 1. The van der Waals surface area contributed by atoms with E-state index in [4.69, 9.17) is 4.74 Å². The van der Waals surface area contributed by atoms with E-state index in [0.717, 1.165) is 24.1 Å². The lowest BCUT2D eigenvalue weighted by molar-refractivity contribution is -0.143. The number of alkyl halides is 6. The van der Waals surface area contributed by atoms with E-state index >= 15 is 0 Å². The summed E-state index contributed by atoms with van der Waals surface area (Å²) in [5.74, 6) is -1.81. The zero-order chi connectivity index (χ0) is 23.1. The summed E-state index contributed by atoms with van der Waals surface area (Å²) in [6.45, 7) is 1.73. The molecule has 1 aromatic heterocycles. The minimum atomic E-state index is -5.22. The molecular weight excluding hydrogens is 435 g/mol. The number of amides is 1. The molecule has 0 unspecified atom stereocenters. The summed E-state index contributed by atoms with van der Waals surface area (Å²) in [4.78, 5) is 18.3. The molecule has 31 heavy (non-hydrogen) atoms. The van der Waals surface area contributed by atoms with Crippen molar-refractivity contribution in [1.82, 2.24) is 4.98 Å². The minimum Gasteiger partial charge on any atom is -0.407 e. The maximum absolute atomic E-state index is 13.6. The van der Waals surface area contributed by atoms with Crippen molar-refractivity contribution < 1.29 is 40.3 Å². The number of carbonyl (C=O) groups is 1. The molecule has 1 saturated heterocycles. The molecule has 2 aromatic rings. The molecule has 1 amide bonds. The van der Waals surface area contributed by atoms with Crippen molar-refractivity contribution in [2.24, 2.45) is 0 Å². The monoisotopic (exact) mass is 451 g/mol. The molecule has 0 saturated carbocycles. The Morgan fingerprint density at radius 2 is 1.74 bits per heavy atom. The topological polar surface area (TPSA) is 45.7 Å². The van der Waals surface area contributed by atoms with E-state index < -0.39 is 46.8 Å². The van der Waals surface area contributed by atoms with Gasteiger partial charge in [-0.3, -0.25) is 4.90 Å². The maximum atomic E-state index is 13.6. The molecule has 1 aliphatic heterocycles. The van der Waals surface area contributed by atoms with Gasteiger partial charge < -0.3 is 9.64 Å². The Morgan fingerprint density at radius 3 is 2.23 bits per heavy atom. The smallest absolute Gasteiger partial charge is 0.407 e. The van der Waals surface area contributed by atoms with Crippen molar-refractivity contribution in [3.8, 4) is 5.75 Å². The fourth-order valence-corrected chi connectivity index (χ4v) is 2.85. The van der Waals surface area contributed by atoms with Crippen LogP contribution in [-0.2, 0) is 12.4 Å². The van der Waals surface area contributed by atoms with Gasteiger partial charge in [0.1, 0.15) is 17.2 Å². The van der Waals surface area contributed by atoms with Gasteiger partial charge in [-0.1, -0.05) is 0 Å². The van der Waals surface area contributed by atoms with E-state index in [9.17, 15) is 35.5 Å². The quantitative estimate of drug-likeness (QED) is 0.586. The number of ether oxygens (including phenoxy) is 1. The lowest BCUT2D eigenvalue weighted by Gasteiger charge is -2.35. The number of hydrogen-bond acceptors (Lipinski definition) is 4. The predicted molar refractivity (Wildman–Crippen MR) is 96.6 cm³/mol. The van der Waals surface area contributed by atoms with Crippen LogP contribution in [-0.4, -0.2) is 31.2 Å². The molecule has 0 aliphatic carbocycles. The van der Waals surface area contributed by atoms with Crippen LogP contribution >= 0.6 is 0 Å². The molecule has 12 heteroatoms. The van der Waals surface area contributed by atoms with E-state index in [2.05, 4.69) is 4.98 Å². The first-order chi connectivity index (χ1) is 14.3. The molecule has 3 rings (SSSR count). The third-order valence-electron chi connectivity index (χ3n) is 4.71. The molecule has 0 bridgehead atoms. The number of aryl methyl sites for hydroxylation is 1. The molecule has 0 N–H and O–H groups in total. The first-order valence-corrected chi connectivity index (χ1v) is 8.95. The van der Waals surface area contributed by atoms with Gasteiger partial charge in [-0.15, -0.1) is 0 Å². The molecule has 0 atom stereocenters. The van der Waals surface area contributed by atoms with Crippen molar-refractivity contribution in [2.75, 3.05) is 29.9 Å². The SMILES string of the molecule is Cc1nc(N(C)C(=O)Oc2c(N3CCC3)cc(C(F)(F)F)cc2C(F)(F)F)ccc1F. The van der Waals surface area contributed by atoms with Crippen molar-refractivity contribution in [3.05, 3.63) is 46.9 Å². The molecular formula is C19H16F7N3O2. The van der Waals surface area contributed by atoms with Crippen LogP contribution in [0.1, 0.15) is 23.2 Å². The third kappa shape index (κ3) is 4.67. The third-order valence-corrected chi connectivity index (χ3v) is 4.71. The highest BCUT2D eigenvalue weighted by Gasteiger charge is 2.42. The normalized spacial score (nSPS) is 14.3. The Labute approximate surface area is 172 Å². The van der Waals surface area contributed by atoms with Crippen molar-refractivity contribution in [2.45, 2.75) is 25.7 Å². The maximum Gasteiger partial charge on any atom is 0.420 e. The fraction of sp³-hybridized carbons (Fsp3) is 0.368. The zero-order valence-electron chi connectivity index (χ0n) is 16.2. The molecule has 1 aliphatic rings. The Kier molecular flexibility index (Phi) is 5.76. The van der Waals surface area contributed by atoms with Gasteiger partial charge in [0.15, 0.2) is 5.75 Å². The van der Waals surface area contributed by atoms with Gasteiger partial charge in [0, 0.05) is 20.1 Å². The van der Waals surface area contributed by atoms with Crippen molar-refractivity contribution in [1.29, 1.82) is 0 Å². The number of halogens is 7. The highest BCUT2D eigenvalue weighted by Crippen LogP contribution is 2.47. The van der Waals surface area contributed by atoms with Crippen LogP contribution in [0.5, 0.6) is 5.75 Å². The largest absolute Gasteiger partial charge is 0.420 e. The number of carbonyl (C=O) groups excluding carboxylic acids is 1. The second-order valence-corrected chi connectivity index (χ2v) is 6.87. The predicted octanol–water partition coefficient (Wildman–Crippen LogP) is 5.41. The highest BCUT2D eigenvalue weighted by molar-refractivity contribution is 5.89. The standard InChI is InChI=1S/C19H16F7N3O2/c1-10-13(20)4-5-15(27-10)28(2)17(30)31-16-12(19(24,25)26)8-11(18(21,22)23)9-14(16)29-6-3-7-29/h4-5,8-9H,3,6-7H2,1-2H3. The van der Waals surface area contributed by atoms with Gasteiger partial charge in [-0.05, 0) is 37.6 Å². The van der Waals surface area contributed by atoms with Crippen LogP contribution in [0.4, 0.5) is 47.0 Å². The number of pyridine rings is 1.